The minimum absolute atomic E-state index is 0.0357. The summed E-state index contributed by atoms with van der Waals surface area (Å²) in [5.41, 5.74) is -1.20. The van der Waals surface area contributed by atoms with Crippen LogP contribution in [0.15, 0.2) is 0 Å². The molecule has 0 aromatic rings. The summed E-state index contributed by atoms with van der Waals surface area (Å²) in [6.07, 6.45) is 6.65. The van der Waals surface area contributed by atoms with Crippen LogP contribution in [0, 0.1) is 11.3 Å². The molecule has 1 unspecified atom stereocenters. The second-order valence-electron chi connectivity index (χ2n) is 6.61. The van der Waals surface area contributed by atoms with E-state index < -0.39 is 23.3 Å². The first-order valence-corrected chi connectivity index (χ1v) is 8.53. The Kier molecular flexibility index (Phi) is 4.96. The number of carbonyl (C=O) groups excluding carboxylic acids is 3. The largest absolute Gasteiger partial charge is 0.353 e. The van der Waals surface area contributed by atoms with Gasteiger partial charge in [0.2, 0.25) is 11.8 Å². The summed E-state index contributed by atoms with van der Waals surface area (Å²) in [6.45, 7) is 0.962. The van der Waals surface area contributed by atoms with Crippen LogP contribution < -0.4 is 10.6 Å². The van der Waals surface area contributed by atoms with Crippen molar-refractivity contribution in [3.63, 3.8) is 0 Å². The third kappa shape index (κ3) is 3.26. The van der Waals surface area contributed by atoms with E-state index in [1.165, 1.54) is 0 Å². The van der Waals surface area contributed by atoms with Gasteiger partial charge >= 0.3 is 6.03 Å². The minimum Gasteiger partial charge on any atom is -0.353 e. The molecular weight excluding hydrogens is 300 g/mol. The summed E-state index contributed by atoms with van der Waals surface area (Å²) < 4.78 is 11.2. The fourth-order valence-corrected chi connectivity index (χ4v) is 3.98. The van der Waals surface area contributed by atoms with Crippen molar-refractivity contribution in [1.29, 1.82) is 0 Å². The van der Waals surface area contributed by atoms with Crippen LogP contribution in [-0.2, 0) is 19.1 Å². The van der Waals surface area contributed by atoms with E-state index in [1.807, 2.05) is 0 Å². The average molecular weight is 324 g/mol. The maximum atomic E-state index is 12.5. The van der Waals surface area contributed by atoms with Crippen molar-refractivity contribution in [2.45, 2.75) is 57.7 Å². The van der Waals surface area contributed by atoms with E-state index in [0.717, 1.165) is 44.9 Å². The smallest absolute Gasteiger partial charge is 0.328 e. The van der Waals surface area contributed by atoms with Gasteiger partial charge in [-0.15, -0.1) is 0 Å². The molecule has 2 aliphatic heterocycles. The zero-order chi connectivity index (χ0) is 16.3. The summed E-state index contributed by atoms with van der Waals surface area (Å²) in [5.74, 6) is -0.996. The molecule has 3 rings (SSSR count). The molecule has 3 aliphatic rings. The number of amides is 4. The highest BCUT2D eigenvalue weighted by Gasteiger charge is 2.55. The van der Waals surface area contributed by atoms with Crippen LogP contribution in [0.4, 0.5) is 4.79 Å². The van der Waals surface area contributed by atoms with Gasteiger partial charge in [0.25, 0.3) is 0 Å². The summed E-state index contributed by atoms with van der Waals surface area (Å²) in [7, 11) is 0. The van der Waals surface area contributed by atoms with Crippen molar-refractivity contribution in [2.24, 2.45) is 11.3 Å². The highest BCUT2D eigenvalue weighted by molar-refractivity contribution is 6.19. The zero-order valence-corrected chi connectivity index (χ0v) is 13.3. The lowest BCUT2D eigenvalue weighted by Crippen LogP contribution is -2.65. The maximum absolute atomic E-state index is 12.5. The molecule has 3 fully saturated rings. The second-order valence-corrected chi connectivity index (χ2v) is 6.61. The summed E-state index contributed by atoms with van der Waals surface area (Å²) in [4.78, 5) is 36.4. The van der Waals surface area contributed by atoms with Gasteiger partial charge < -0.3 is 9.47 Å². The first kappa shape index (κ1) is 16.4. The average Bonchev–Trinajstić information content (AvgIpc) is 3.06. The fraction of sp³-hybridized carbons (Fsp3) is 0.812. The SMILES string of the molecule is O=C1NC(=O)C(CCOC2CCCCO2)(C2CCCC2)C(=O)N1. The van der Waals surface area contributed by atoms with Crippen LogP contribution in [-0.4, -0.2) is 37.3 Å². The standard InChI is InChI=1S/C16H24N2O5/c19-13-16(11-5-1-2-6-11,14(20)18-15(21)17-13)8-10-23-12-7-3-4-9-22-12/h11-12H,1-10H2,(H2,17,18,19,20,21). The lowest BCUT2D eigenvalue weighted by atomic mass is 9.69. The van der Waals surface area contributed by atoms with E-state index in [2.05, 4.69) is 10.6 Å². The number of rotatable bonds is 5. The summed E-state index contributed by atoms with van der Waals surface area (Å²) >= 11 is 0. The third-order valence-electron chi connectivity index (χ3n) is 5.25. The molecule has 128 valence electrons. The fourth-order valence-electron chi connectivity index (χ4n) is 3.98. The Bertz CT molecular complexity index is 461. The quantitative estimate of drug-likeness (QED) is 0.747. The van der Waals surface area contributed by atoms with Gasteiger partial charge in [0.15, 0.2) is 6.29 Å². The van der Waals surface area contributed by atoms with E-state index in [9.17, 15) is 14.4 Å². The Morgan fingerprint density at radius 1 is 1.00 bits per heavy atom. The van der Waals surface area contributed by atoms with Crippen LogP contribution in [0.3, 0.4) is 0 Å². The Morgan fingerprint density at radius 2 is 1.65 bits per heavy atom. The summed E-state index contributed by atoms with van der Waals surface area (Å²) in [5, 5.41) is 4.54. The van der Waals surface area contributed by atoms with Crippen molar-refractivity contribution in [2.75, 3.05) is 13.2 Å². The zero-order valence-electron chi connectivity index (χ0n) is 13.3. The predicted octanol–water partition coefficient (Wildman–Crippen LogP) is 1.46. The molecule has 2 saturated heterocycles. The predicted molar refractivity (Wildman–Crippen MR) is 80.2 cm³/mol. The molecule has 1 saturated carbocycles. The number of ether oxygens (including phenoxy) is 2. The topological polar surface area (TPSA) is 93.7 Å². The number of imide groups is 2. The van der Waals surface area contributed by atoms with Crippen molar-refractivity contribution in [1.82, 2.24) is 10.6 Å². The number of barbiturate groups is 1. The van der Waals surface area contributed by atoms with Crippen LogP contribution in [0.25, 0.3) is 0 Å². The number of carbonyl (C=O) groups is 3. The van der Waals surface area contributed by atoms with Gasteiger partial charge in [-0.1, -0.05) is 12.8 Å². The number of nitrogens with one attached hydrogen (secondary N) is 2. The molecule has 23 heavy (non-hydrogen) atoms. The molecular formula is C16H24N2O5. The minimum atomic E-state index is -1.20. The van der Waals surface area contributed by atoms with E-state index in [1.54, 1.807) is 0 Å². The molecule has 0 spiro atoms. The van der Waals surface area contributed by atoms with Gasteiger partial charge in [-0.2, -0.15) is 0 Å². The van der Waals surface area contributed by atoms with Crippen molar-refractivity contribution in [3.8, 4) is 0 Å². The van der Waals surface area contributed by atoms with Crippen LogP contribution in [0.5, 0.6) is 0 Å². The second kappa shape index (κ2) is 6.97. The van der Waals surface area contributed by atoms with Crippen LogP contribution >= 0.6 is 0 Å². The van der Waals surface area contributed by atoms with Gasteiger partial charge in [0.05, 0.1) is 6.61 Å². The normalized spacial score (nSPS) is 28.5. The lowest BCUT2D eigenvalue weighted by Gasteiger charge is -2.38. The van der Waals surface area contributed by atoms with E-state index in [-0.39, 0.29) is 25.2 Å². The molecule has 7 nitrogen and oxygen atoms in total. The molecule has 0 aromatic carbocycles. The van der Waals surface area contributed by atoms with Gasteiger partial charge in [-0.25, -0.2) is 4.79 Å². The molecule has 0 radical (unpaired) electrons. The number of hydrogen-bond donors (Lipinski definition) is 2. The Morgan fingerprint density at radius 3 is 2.26 bits per heavy atom. The maximum Gasteiger partial charge on any atom is 0.328 e. The molecule has 2 N–H and O–H groups in total. The highest BCUT2D eigenvalue weighted by atomic mass is 16.7. The third-order valence-corrected chi connectivity index (χ3v) is 5.25. The molecule has 1 atom stereocenters. The van der Waals surface area contributed by atoms with E-state index in [0.29, 0.717) is 6.61 Å². The molecule has 4 amide bonds. The Labute approximate surface area is 135 Å². The van der Waals surface area contributed by atoms with Crippen LogP contribution in [0.2, 0.25) is 0 Å². The molecule has 0 bridgehead atoms. The van der Waals surface area contributed by atoms with Gasteiger partial charge in [0, 0.05) is 6.61 Å². The molecule has 1 aliphatic carbocycles. The molecule has 2 heterocycles. The van der Waals surface area contributed by atoms with E-state index >= 15 is 0 Å². The Balaban J connectivity index is 1.69. The van der Waals surface area contributed by atoms with Gasteiger partial charge in [0.1, 0.15) is 5.41 Å². The van der Waals surface area contributed by atoms with Gasteiger partial charge in [-0.3, -0.25) is 20.2 Å². The summed E-state index contributed by atoms with van der Waals surface area (Å²) in [6, 6.07) is -0.731. The van der Waals surface area contributed by atoms with Crippen molar-refractivity contribution in [3.05, 3.63) is 0 Å². The van der Waals surface area contributed by atoms with Crippen molar-refractivity contribution < 1.29 is 23.9 Å². The van der Waals surface area contributed by atoms with Gasteiger partial charge in [-0.05, 0) is 44.4 Å². The van der Waals surface area contributed by atoms with Crippen molar-refractivity contribution >= 4 is 17.8 Å². The Hall–Kier alpha value is -1.47. The number of urea groups is 1. The first-order valence-electron chi connectivity index (χ1n) is 8.53. The van der Waals surface area contributed by atoms with Crippen LogP contribution in [0.1, 0.15) is 51.4 Å². The monoisotopic (exact) mass is 324 g/mol. The first-order chi connectivity index (χ1) is 11.1. The highest BCUT2D eigenvalue weighted by Crippen LogP contribution is 2.44. The number of hydrogen-bond acceptors (Lipinski definition) is 5. The van der Waals surface area contributed by atoms with E-state index in [4.69, 9.17) is 9.47 Å². The lowest BCUT2D eigenvalue weighted by molar-refractivity contribution is -0.172. The molecule has 7 heteroatoms. The molecule has 0 aromatic heterocycles.